The quantitative estimate of drug-likeness (QED) is 0.805. The average molecular weight is 276 g/mol. The third kappa shape index (κ3) is 3.32. The van der Waals surface area contributed by atoms with Crippen molar-refractivity contribution in [2.75, 3.05) is 19.1 Å². The van der Waals surface area contributed by atoms with E-state index >= 15 is 0 Å². The van der Waals surface area contributed by atoms with Gasteiger partial charge in [-0.3, -0.25) is 0 Å². The van der Waals surface area contributed by atoms with Crippen LogP contribution in [0.3, 0.4) is 0 Å². The highest BCUT2D eigenvalue weighted by Crippen LogP contribution is 2.23. The molecule has 2 aromatic rings. The summed E-state index contributed by atoms with van der Waals surface area (Å²) in [6, 6.07) is 8.37. The lowest BCUT2D eigenvalue weighted by Gasteiger charge is -2.15. The number of esters is 1. The third-order valence-electron chi connectivity index (χ3n) is 2.75. The fourth-order valence-corrected chi connectivity index (χ4v) is 2.47. The third-order valence-corrected chi connectivity index (χ3v) is 3.84. The van der Waals surface area contributed by atoms with Gasteiger partial charge in [0.15, 0.2) is 5.13 Å². The van der Waals surface area contributed by atoms with Crippen LogP contribution in [-0.4, -0.2) is 25.1 Å². The van der Waals surface area contributed by atoms with E-state index in [0.29, 0.717) is 4.88 Å². The summed E-state index contributed by atoms with van der Waals surface area (Å²) in [7, 11) is 3.33. The number of aromatic nitrogens is 1. The Morgan fingerprint density at radius 2 is 2.05 bits per heavy atom. The Balaban J connectivity index is 2.07. The maximum absolute atomic E-state index is 11.4. The minimum Gasteiger partial charge on any atom is -0.465 e. The number of aryl methyl sites for hydroxylation is 1. The molecule has 4 nitrogen and oxygen atoms in total. The molecule has 19 heavy (non-hydrogen) atoms. The number of carbonyl (C=O) groups excluding carboxylic acids is 1. The fourth-order valence-electron chi connectivity index (χ4n) is 1.67. The Morgan fingerprint density at radius 1 is 1.37 bits per heavy atom. The highest BCUT2D eigenvalue weighted by molar-refractivity contribution is 7.17. The van der Waals surface area contributed by atoms with Gasteiger partial charge in [-0.1, -0.05) is 41.2 Å². The first-order chi connectivity index (χ1) is 9.10. The van der Waals surface area contributed by atoms with E-state index in [1.807, 2.05) is 11.9 Å². The topological polar surface area (TPSA) is 42.4 Å². The fraction of sp³-hybridized carbons (Fsp3) is 0.286. The molecule has 0 spiro atoms. The van der Waals surface area contributed by atoms with Crippen LogP contribution in [0.15, 0.2) is 30.5 Å². The smallest absolute Gasteiger partial charge is 0.349 e. The van der Waals surface area contributed by atoms with Gasteiger partial charge in [-0.05, 0) is 12.5 Å². The van der Waals surface area contributed by atoms with Crippen LogP contribution in [0.2, 0.25) is 0 Å². The summed E-state index contributed by atoms with van der Waals surface area (Å²) >= 11 is 1.34. The molecule has 0 aliphatic carbocycles. The van der Waals surface area contributed by atoms with Crippen LogP contribution in [0.4, 0.5) is 5.13 Å². The molecule has 0 unspecified atom stereocenters. The number of methoxy groups -OCH3 is 1. The molecule has 0 aliphatic rings. The van der Waals surface area contributed by atoms with Crippen molar-refractivity contribution in [3.05, 3.63) is 46.5 Å². The zero-order chi connectivity index (χ0) is 13.8. The molecule has 2 rings (SSSR count). The molecule has 1 aromatic carbocycles. The number of benzene rings is 1. The van der Waals surface area contributed by atoms with Gasteiger partial charge in [0.2, 0.25) is 0 Å². The number of hydrogen-bond acceptors (Lipinski definition) is 5. The molecule has 0 fully saturated rings. The van der Waals surface area contributed by atoms with Gasteiger partial charge in [-0.25, -0.2) is 9.78 Å². The summed E-state index contributed by atoms with van der Waals surface area (Å²) in [6.45, 7) is 2.82. The van der Waals surface area contributed by atoms with Gasteiger partial charge >= 0.3 is 5.97 Å². The second kappa shape index (κ2) is 5.84. The van der Waals surface area contributed by atoms with Gasteiger partial charge in [-0.15, -0.1) is 0 Å². The van der Waals surface area contributed by atoms with E-state index in [-0.39, 0.29) is 5.97 Å². The zero-order valence-electron chi connectivity index (χ0n) is 11.2. The maximum Gasteiger partial charge on any atom is 0.349 e. The first kappa shape index (κ1) is 13.5. The predicted octanol–water partition coefficient (Wildman–Crippen LogP) is 2.87. The lowest BCUT2D eigenvalue weighted by atomic mass is 10.1. The molecule has 0 N–H and O–H groups in total. The number of carbonyl (C=O) groups is 1. The second-order valence-electron chi connectivity index (χ2n) is 4.34. The molecule has 0 amide bonds. The van der Waals surface area contributed by atoms with Crippen molar-refractivity contribution >= 4 is 22.4 Å². The minimum absolute atomic E-state index is 0.340. The average Bonchev–Trinajstić information content (AvgIpc) is 2.90. The molecule has 1 aromatic heterocycles. The molecular weight excluding hydrogens is 260 g/mol. The van der Waals surface area contributed by atoms with Gasteiger partial charge in [0.05, 0.1) is 13.3 Å². The molecule has 100 valence electrons. The summed E-state index contributed by atoms with van der Waals surface area (Å²) < 4.78 is 4.67. The summed E-state index contributed by atoms with van der Waals surface area (Å²) in [5, 5.41) is 0.806. The Bertz CT molecular complexity index is 563. The maximum atomic E-state index is 11.4. The van der Waals surface area contributed by atoms with Crippen molar-refractivity contribution in [3.8, 4) is 0 Å². The molecule has 1 heterocycles. The largest absolute Gasteiger partial charge is 0.465 e. The van der Waals surface area contributed by atoms with Crippen LogP contribution < -0.4 is 4.90 Å². The second-order valence-corrected chi connectivity index (χ2v) is 5.35. The first-order valence-electron chi connectivity index (χ1n) is 5.91. The molecule has 5 heteroatoms. The van der Waals surface area contributed by atoms with Crippen LogP contribution in [0.5, 0.6) is 0 Å². The number of thiazole rings is 1. The number of nitrogens with zero attached hydrogens (tertiary/aromatic N) is 2. The SMILES string of the molecule is COC(=O)c1cnc(N(C)Cc2ccc(C)cc2)s1. The van der Waals surface area contributed by atoms with Crippen molar-refractivity contribution in [1.29, 1.82) is 0 Å². The Morgan fingerprint density at radius 3 is 2.68 bits per heavy atom. The lowest BCUT2D eigenvalue weighted by molar-refractivity contribution is 0.0606. The van der Waals surface area contributed by atoms with Gasteiger partial charge < -0.3 is 9.64 Å². The summed E-state index contributed by atoms with van der Waals surface area (Å²) in [5.74, 6) is -0.340. The van der Waals surface area contributed by atoms with Crippen molar-refractivity contribution in [2.24, 2.45) is 0 Å². The molecule has 0 aliphatic heterocycles. The number of hydrogen-bond donors (Lipinski definition) is 0. The summed E-state index contributed by atoms with van der Waals surface area (Å²) in [6.07, 6.45) is 1.55. The number of rotatable bonds is 4. The number of anilines is 1. The van der Waals surface area contributed by atoms with Crippen molar-refractivity contribution in [3.63, 3.8) is 0 Å². The van der Waals surface area contributed by atoms with Crippen LogP contribution in [0, 0.1) is 6.92 Å². The Kier molecular flexibility index (Phi) is 4.16. The lowest BCUT2D eigenvalue weighted by Crippen LogP contribution is -2.15. The molecule has 0 radical (unpaired) electrons. The Labute approximate surface area is 116 Å². The van der Waals surface area contributed by atoms with E-state index in [0.717, 1.165) is 11.7 Å². The van der Waals surface area contributed by atoms with E-state index < -0.39 is 0 Å². The number of ether oxygens (including phenoxy) is 1. The van der Waals surface area contributed by atoms with Crippen LogP contribution in [0.25, 0.3) is 0 Å². The van der Waals surface area contributed by atoms with E-state index in [2.05, 4.69) is 40.9 Å². The van der Waals surface area contributed by atoms with Crippen LogP contribution in [-0.2, 0) is 11.3 Å². The molecule has 0 saturated heterocycles. The van der Waals surface area contributed by atoms with E-state index in [1.54, 1.807) is 6.20 Å². The standard InChI is InChI=1S/C14H16N2O2S/c1-10-4-6-11(7-5-10)9-16(2)14-15-8-12(19-14)13(17)18-3/h4-8H,9H2,1-3H3. The first-order valence-corrected chi connectivity index (χ1v) is 6.72. The zero-order valence-corrected chi connectivity index (χ0v) is 12.0. The van der Waals surface area contributed by atoms with Crippen LogP contribution >= 0.6 is 11.3 Å². The minimum atomic E-state index is -0.340. The van der Waals surface area contributed by atoms with Crippen molar-refractivity contribution in [2.45, 2.75) is 13.5 Å². The van der Waals surface area contributed by atoms with Gasteiger partial charge in [-0.2, -0.15) is 0 Å². The van der Waals surface area contributed by atoms with E-state index in [4.69, 9.17) is 0 Å². The van der Waals surface area contributed by atoms with Crippen LogP contribution in [0.1, 0.15) is 20.8 Å². The van der Waals surface area contributed by atoms with Gasteiger partial charge in [0.25, 0.3) is 0 Å². The molecule has 0 bridgehead atoms. The summed E-state index contributed by atoms with van der Waals surface area (Å²) in [5.41, 5.74) is 2.46. The summed E-state index contributed by atoms with van der Waals surface area (Å²) in [4.78, 5) is 18.2. The highest BCUT2D eigenvalue weighted by atomic mass is 32.1. The molecular formula is C14H16N2O2S. The van der Waals surface area contributed by atoms with Gasteiger partial charge in [0.1, 0.15) is 4.88 Å². The molecule has 0 atom stereocenters. The predicted molar refractivity (Wildman–Crippen MR) is 76.7 cm³/mol. The van der Waals surface area contributed by atoms with Gasteiger partial charge in [0, 0.05) is 13.6 Å². The normalized spacial score (nSPS) is 10.3. The Hall–Kier alpha value is -1.88. The highest BCUT2D eigenvalue weighted by Gasteiger charge is 2.13. The van der Waals surface area contributed by atoms with Crippen molar-refractivity contribution in [1.82, 2.24) is 4.98 Å². The van der Waals surface area contributed by atoms with E-state index in [9.17, 15) is 4.79 Å². The molecule has 0 saturated carbocycles. The monoisotopic (exact) mass is 276 g/mol. The van der Waals surface area contributed by atoms with E-state index in [1.165, 1.54) is 29.6 Å². The van der Waals surface area contributed by atoms with Crippen molar-refractivity contribution < 1.29 is 9.53 Å².